The van der Waals surface area contributed by atoms with Crippen LogP contribution in [0, 0.1) is 5.41 Å². The van der Waals surface area contributed by atoms with E-state index in [4.69, 9.17) is 5.73 Å². The van der Waals surface area contributed by atoms with Gasteiger partial charge in [-0.3, -0.25) is 4.79 Å². The molecule has 0 radical (unpaired) electrons. The van der Waals surface area contributed by atoms with E-state index < -0.39 is 11.4 Å². The summed E-state index contributed by atoms with van der Waals surface area (Å²) in [6.45, 7) is 0.384. The Bertz CT molecular complexity index is 681. The average Bonchev–Trinajstić information content (AvgIpc) is 2.46. The van der Waals surface area contributed by atoms with Crippen molar-refractivity contribution < 1.29 is 9.90 Å². The molecule has 1 fully saturated rings. The average molecular weight is 298 g/mol. The maximum Gasteiger partial charge on any atom is 0.311 e. The first-order valence-corrected chi connectivity index (χ1v) is 7.26. The fourth-order valence-electron chi connectivity index (χ4n) is 2.61. The van der Waals surface area contributed by atoms with Crippen LogP contribution < -0.4 is 11.1 Å². The Labute approximate surface area is 128 Å². The third-order valence-electron chi connectivity index (χ3n) is 4.22. The topological polar surface area (TPSA) is 101 Å². The van der Waals surface area contributed by atoms with Crippen molar-refractivity contribution in [2.75, 3.05) is 17.6 Å². The number of anilines is 2. The molecule has 0 unspecified atom stereocenters. The molecular weight excluding hydrogens is 280 g/mol. The molecule has 6 heteroatoms. The number of benzene rings is 1. The molecule has 1 saturated carbocycles. The van der Waals surface area contributed by atoms with Gasteiger partial charge in [0.25, 0.3) is 0 Å². The number of carbonyl (C=O) groups is 1. The highest BCUT2D eigenvalue weighted by molar-refractivity contribution is 5.76. The Morgan fingerprint density at radius 3 is 2.64 bits per heavy atom. The molecule has 0 bridgehead atoms. The van der Waals surface area contributed by atoms with E-state index in [0.717, 1.165) is 17.7 Å². The summed E-state index contributed by atoms with van der Waals surface area (Å²) in [6, 6.07) is 11.1. The second-order valence-electron chi connectivity index (χ2n) is 5.72. The Balaban J connectivity index is 1.68. The zero-order valence-electron chi connectivity index (χ0n) is 12.1. The SMILES string of the molecule is Nc1cccc(-c2ccc(NCC3(C(=O)O)CCC3)nn2)c1. The summed E-state index contributed by atoms with van der Waals surface area (Å²) in [5.74, 6) is -0.157. The number of carboxylic acids is 1. The summed E-state index contributed by atoms with van der Waals surface area (Å²) in [7, 11) is 0. The lowest BCUT2D eigenvalue weighted by atomic mass is 9.69. The van der Waals surface area contributed by atoms with Gasteiger partial charge in [-0.05, 0) is 37.1 Å². The van der Waals surface area contributed by atoms with Crippen molar-refractivity contribution in [2.24, 2.45) is 5.41 Å². The number of hydrogen-bond donors (Lipinski definition) is 3. The third-order valence-corrected chi connectivity index (χ3v) is 4.22. The molecule has 0 amide bonds. The van der Waals surface area contributed by atoms with Crippen LogP contribution in [0.1, 0.15) is 19.3 Å². The molecule has 22 heavy (non-hydrogen) atoms. The van der Waals surface area contributed by atoms with Gasteiger partial charge in [-0.25, -0.2) is 0 Å². The number of hydrogen-bond acceptors (Lipinski definition) is 5. The van der Waals surface area contributed by atoms with Gasteiger partial charge in [0.05, 0.1) is 11.1 Å². The molecule has 6 nitrogen and oxygen atoms in total. The van der Waals surface area contributed by atoms with Gasteiger partial charge in [0, 0.05) is 17.8 Å². The van der Waals surface area contributed by atoms with E-state index in [1.165, 1.54) is 0 Å². The maximum atomic E-state index is 11.3. The van der Waals surface area contributed by atoms with Gasteiger partial charge >= 0.3 is 5.97 Å². The second-order valence-corrected chi connectivity index (χ2v) is 5.72. The van der Waals surface area contributed by atoms with Gasteiger partial charge in [0.2, 0.25) is 0 Å². The molecule has 0 saturated heterocycles. The molecular formula is C16H18N4O2. The van der Waals surface area contributed by atoms with E-state index in [-0.39, 0.29) is 0 Å². The highest BCUT2D eigenvalue weighted by Crippen LogP contribution is 2.41. The van der Waals surface area contributed by atoms with Crippen LogP contribution >= 0.6 is 0 Å². The number of nitrogens with zero attached hydrogens (tertiary/aromatic N) is 2. The number of aromatic nitrogens is 2. The van der Waals surface area contributed by atoms with Crippen molar-refractivity contribution in [3.8, 4) is 11.3 Å². The smallest absolute Gasteiger partial charge is 0.311 e. The van der Waals surface area contributed by atoms with Crippen molar-refractivity contribution >= 4 is 17.5 Å². The van der Waals surface area contributed by atoms with Gasteiger partial charge in [0.1, 0.15) is 5.82 Å². The molecule has 4 N–H and O–H groups in total. The zero-order valence-corrected chi connectivity index (χ0v) is 12.1. The monoisotopic (exact) mass is 298 g/mol. The van der Waals surface area contributed by atoms with Gasteiger partial charge in [-0.1, -0.05) is 18.6 Å². The summed E-state index contributed by atoms with van der Waals surface area (Å²) < 4.78 is 0. The first-order valence-electron chi connectivity index (χ1n) is 7.26. The van der Waals surface area contributed by atoms with E-state index in [2.05, 4.69) is 15.5 Å². The number of rotatable bonds is 5. The quantitative estimate of drug-likeness (QED) is 0.733. The summed E-state index contributed by atoms with van der Waals surface area (Å²) >= 11 is 0. The van der Waals surface area contributed by atoms with Crippen molar-refractivity contribution in [3.05, 3.63) is 36.4 Å². The number of nitrogen functional groups attached to an aromatic ring is 1. The fraction of sp³-hybridized carbons (Fsp3) is 0.312. The lowest BCUT2D eigenvalue weighted by Gasteiger charge is -2.37. The van der Waals surface area contributed by atoms with Crippen LogP contribution in [0.3, 0.4) is 0 Å². The minimum atomic E-state index is -0.740. The van der Waals surface area contributed by atoms with Gasteiger partial charge in [-0.15, -0.1) is 10.2 Å². The van der Waals surface area contributed by atoms with Crippen molar-refractivity contribution in [1.29, 1.82) is 0 Å². The molecule has 1 heterocycles. The van der Waals surface area contributed by atoms with Crippen LogP contribution in [-0.4, -0.2) is 27.8 Å². The lowest BCUT2D eigenvalue weighted by Crippen LogP contribution is -2.43. The Kier molecular flexibility index (Phi) is 3.66. The van der Waals surface area contributed by atoms with Crippen molar-refractivity contribution in [2.45, 2.75) is 19.3 Å². The van der Waals surface area contributed by atoms with Crippen LogP contribution in [0.25, 0.3) is 11.3 Å². The minimum absolute atomic E-state index is 0.384. The van der Waals surface area contributed by atoms with Crippen LogP contribution in [-0.2, 0) is 4.79 Å². The van der Waals surface area contributed by atoms with Crippen LogP contribution in [0.2, 0.25) is 0 Å². The Hall–Kier alpha value is -2.63. The number of nitrogens with one attached hydrogen (secondary N) is 1. The predicted octanol–water partition coefficient (Wildman–Crippen LogP) is 2.39. The Morgan fingerprint density at radius 2 is 2.09 bits per heavy atom. The normalized spacial score (nSPS) is 15.8. The lowest BCUT2D eigenvalue weighted by molar-refractivity contribution is -0.153. The molecule has 0 aliphatic heterocycles. The van der Waals surface area contributed by atoms with Crippen LogP contribution in [0.5, 0.6) is 0 Å². The van der Waals surface area contributed by atoms with Crippen LogP contribution in [0.4, 0.5) is 11.5 Å². The van der Waals surface area contributed by atoms with E-state index in [1.807, 2.05) is 30.3 Å². The molecule has 0 atom stereocenters. The summed E-state index contributed by atoms with van der Waals surface area (Å²) in [6.07, 6.45) is 2.39. The molecule has 114 valence electrons. The largest absolute Gasteiger partial charge is 0.481 e. The maximum absolute atomic E-state index is 11.3. The standard InChI is InChI=1S/C16H18N4O2/c17-12-4-1-3-11(9-12)13-5-6-14(20-19-13)18-10-16(15(21)22)7-2-8-16/h1,3-6,9H,2,7-8,10,17H2,(H,18,20)(H,21,22). The molecule has 1 aliphatic carbocycles. The molecule has 0 spiro atoms. The molecule has 3 rings (SSSR count). The Morgan fingerprint density at radius 1 is 1.27 bits per heavy atom. The first kappa shape index (κ1) is 14.3. The minimum Gasteiger partial charge on any atom is -0.481 e. The second kappa shape index (κ2) is 5.63. The van der Waals surface area contributed by atoms with E-state index in [1.54, 1.807) is 6.07 Å². The summed E-state index contributed by atoms with van der Waals surface area (Å²) in [5.41, 5.74) is 7.42. The number of aliphatic carboxylic acids is 1. The number of carboxylic acid groups (broad SMARTS) is 1. The van der Waals surface area contributed by atoms with Gasteiger partial charge in [-0.2, -0.15) is 0 Å². The van der Waals surface area contributed by atoms with E-state index in [9.17, 15) is 9.90 Å². The molecule has 1 aromatic heterocycles. The predicted molar refractivity (Wildman–Crippen MR) is 84.3 cm³/mol. The van der Waals surface area contributed by atoms with E-state index in [0.29, 0.717) is 30.9 Å². The van der Waals surface area contributed by atoms with E-state index >= 15 is 0 Å². The summed E-state index contributed by atoms with van der Waals surface area (Å²) in [5, 5.41) is 20.6. The van der Waals surface area contributed by atoms with Crippen molar-refractivity contribution in [3.63, 3.8) is 0 Å². The number of nitrogens with two attached hydrogens (primary N) is 1. The van der Waals surface area contributed by atoms with Crippen molar-refractivity contribution in [1.82, 2.24) is 10.2 Å². The highest BCUT2D eigenvalue weighted by atomic mass is 16.4. The highest BCUT2D eigenvalue weighted by Gasteiger charge is 2.44. The molecule has 1 aliphatic rings. The summed E-state index contributed by atoms with van der Waals surface area (Å²) in [4.78, 5) is 11.3. The van der Waals surface area contributed by atoms with Gasteiger partial charge < -0.3 is 16.2 Å². The first-order chi connectivity index (χ1) is 10.6. The molecule has 2 aromatic rings. The van der Waals surface area contributed by atoms with Gasteiger partial charge in [0.15, 0.2) is 0 Å². The molecule has 1 aromatic carbocycles. The fourth-order valence-corrected chi connectivity index (χ4v) is 2.61. The zero-order chi connectivity index (χ0) is 15.6. The third kappa shape index (κ3) is 2.72. The van der Waals surface area contributed by atoms with Crippen LogP contribution in [0.15, 0.2) is 36.4 Å².